The number of hydrogen-bond donors (Lipinski definition) is 1. The first-order chi connectivity index (χ1) is 15.1. The van der Waals surface area contributed by atoms with E-state index in [0.29, 0.717) is 17.6 Å². The lowest BCUT2D eigenvalue weighted by molar-refractivity contribution is 0.452. The normalized spacial score (nSPS) is 13.4. The van der Waals surface area contributed by atoms with Crippen LogP contribution in [0.15, 0.2) is 18.2 Å². The zero-order chi connectivity index (χ0) is 22.7. The van der Waals surface area contributed by atoms with Crippen LogP contribution in [0, 0.1) is 0 Å². The van der Waals surface area contributed by atoms with Crippen molar-refractivity contribution in [1.82, 2.24) is 0 Å². The Morgan fingerprint density at radius 2 is 1.00 bits per heavy atom. The van der Waals surface area contributed by atoms with Crippen molar-refractivity contribution < 1.29 is 5.11 Å². The van der Waals surface area contributed by atoms with Crippen molar-refractivity contribution in [1.29, 1.82) is 0 Å². The molecule has 1 aromatic rings. The zero-order valence-corrected chi connectivity index (χ0v) is 21.6. The topological polar surface area (TPSA) is 20.2 Å². The summed E-state index contributed by atoms with van der Waals surface area (Å²) in [5, 5.41) is 10.6. The SMILES string of the molecule is CCCCCCCCCCC(C)c1cccc(O)c1C(C)CCCCCCCCCC. The van der Waals surface area contributed by atoms with E-state index in [9.17, 15) is 5.11 Å². The monoisotopic (exact) mass is 430 g/mol. The Hall–Kier alpha value is -0.980. The molecule has 2 atom stereocenters. The maximum Gasteiger partial charge on any atom is 0.119 e. The largest absolute Gasteiger partial charge is 0.508 e. The van der Waals surface area contributed by atoms with E-state index in [2.05, 4.69) is 33.8 Å². The highest BCUT2D eigenvalue weighted by Crippen LogP contribution is 2.37. The fraction of sp³-hybridized carbons (Fsp3) is 0.800. The van der Waals surface area contributed by atoms with Crippen LogP contribution in [-0.4, -0.2) is 5.11 Å². The van der Waals surface area contributed by atoms with Crippen molar-refractivity contribution in [3.63, 3.8) is 0 Å². The van der Waals surface area contributed by atoms with Crippen LogP contribution in [0.25, 0.3) is 0 Å². The Morgan fingerprint density at radius 1 is 0.581 bits per heavy atom. The van der Waals surface area contributed by atoms with E-state index in [-0.39, 0.29) is 0 Å². The molecule has 0 bridgehead atoms. The Bertz CT molecular complexity index is 535. The number of benzene rings is 1. The lowest BCUT2D eigenvalue weighted by Gasteiger charge is -2.22. The predicted molar refractivity (Wildman–Crippen MR) is 139 cm³/mol. The van der Waals surface area contributed by atoms with Crippen molar-refractivity contribution in [3.8, 4) is 5.75 Å². The fourth-order valence-electron chi connectivity index (χ4n) is 5.01. The molecular weight excluding hydrogens is 376 g/mol. The van der Waals surface area contributed by atoms with Crippen LogP contribution in [0.4, 0.5) is 0 Å². The molecule has 1 rings (SSSR count). The highest BCUT2D eigenvalue weighted by molar-refractivity contribution is 5.43. The molecule has 0 saturated carbocycles. The van der Waals surface area contributed by atoms with E-state index in [1.807, 2.05) is 12.1 Å². The first-order valence-corrected chi connectivity index (χ1v) is 13.9. The highest BCUT2D eigenvalue weighted by Gasteiger charge is 2.18. The lowest BCUT2D eigenvalue weighted by atomic mass is 9.84. The average molecular weight is 431 g/mol. The van der Waals surface area contributed by atoms with Crippen LogP contribution < -0.4 is 0 Å². The fourth-order valence-corrected chi connectivity index (χ4v) is 5.01. The second-order valence-electron chi connectivity index (χ2n) is 10.1. The van der Waals surface area contributed by atoms with E-state index in [0.717, 1.165) is 0 Å². The second-order valence-corrected chi connectivity index (χ2v) is 10.1. The molecule has 0 saturated heterocycles. The Balaban J connectivity index is 2.37. The maximum absolute atomic E-state index is 10.6. The van der Waals surface area contributed by atoms with Gasteiger partial charge in [0.1, 0.15) is 5.75 Å². The van der Waals surface area contributed by atoms with Gasteiger partial charge in [0.25, 0.3) is 0 Å². The molecule has 0 aromatic heterocycles. The molecule has 0 aliphatic rings. The molecule has 0 radical (unpaired) electrons. The highest BCUT2D eigenvalue weighted by atomic mass is 16.3. The molecule has 2 unspecified atom stereocenters. The molecule has 0 aliphatic heterocycles. The number of unbranched alkanes of at least 4 members (excludes halogenated alkanes) is 14. The second kappa shape index (κ2) is 18.6. The molecule has 180 valence electrons. The van der Waals surface area contributed by atoms with Gasteiger partial charge in [0, 0.05) is 5.56 Å². The Morgan fingerprint density at radius 3 is 1.48 bits per heavy atom. The van der Waals surface area contributed by atoms with Crippen LogP contribution in [-0.2, 0) is 0 Å². The molecule has 31 heavy (non-hydrogen) atoms. The summed E-state index contributed by atoms with van der Waals surface area (Å²) in [7, 11) is 0. The van der Waals surface area contributed by atoms with Gasteiger partial charge in [-0.25, -0.2) is 0 Å². The third kappa shape index (κ3) is 12.6. The number of rotatable bonds is 20. The van der Waals surface area contributed by atoms with Gasteiger partial charge in [-0.05, 0) is 36.3 Å². The number of phenolic OH excluding ortho intramolecular Hbond substituents is 1. The quantitative estimate of drug-likeness (QED) is 0.204. The van der Waals surface area contributed by atoms with Crippen LogP contribution in [0.1, 0.15) is 166 Å². The molecule has 0 heterocycles. The molecule has 0 amide bonds. The Labute approximate surface area is 195 Å². The number of hydrogen-bond acceptors (Lipinski definition) is 1. The van der Waals surface area contributed by atoms with Gasteiger partial charge < -0.3 is 5.11 Å². The zero-order valence-electron chi connectivity index (χ0n) is 21.6. The minimum atomic E-state index is 0.456. The van der Waals surface area contributed by atoms with E-state index in [1.165, 1.54) is 127 Å². The number of aromatic hydroxyl groups is 1. The summed E-state index contributed by atoms with van der Waals surface area (Å²) >= 11 is 0. The van der Waals surface area contributed by atoms with Crippen molar-refractivity contribution in [2.75, 3.05) is 0 Å². The van der Waals surface area contributed by atoms with E-state index >= 15 is 0 Å². The van der Waals surface area contributed by atoms with Gasteiger partial charge >= 0.3 is 0 Å². The van der Waals surface area contributed by atoms with E-state index < -0.39 is 0 Å². The van der Waals surface area contributed by atoms with Crippen molar-refractivity contribution in [2.45, 2.75) is 155 Å². The van der Waals surface area contributed by atoms with Gasteiger partial charge in [-0.3, -0.25) is 0 Å². The van der Waals surface area contributed by atoms with E-state index in [4.69, 9.17) is 0 Å². The third-order valence-electron chi connectivity index (χ3n) is 7.12. The summed E-state index contributed by atoms with van der Waals surface area (Å²) in [6.07, 6.45) is 24.4. The van der Waals surface area contributed by atoms with Crippen molar-refractivity contribution in [3.05, 3.63) is 29.3 Å². The van der Waals surface area contributed by atoms with Crippen LogP contribution >= 0.6 is 0 Å². The van der Waals surface area contributed by atoms with Crippen molar-refractivity contribution in [2.24, 2.45) is 0 Å². The summed E-state index contributed by atoms with van der Waals surface area (Å²) in [5.74, 6) is 1.52. The maximum atomic E-state index is 10.6. The Kier molecular flexibility index (Phi) is 16.8. The summed E-state index contributed by atoms with van der Waals surface area (Å²) < 4.78 is 0. The molecule has 0 spiro atoms. The molecule has 1 nitrogen and oxygen atoms in total. The van der Waals surface area contributed by atoms with Gasteiger partial charge in [0.2, 0.25) is 0 Å². The summed E-state index contributed by atoms with van der Waals surface area (Å²) in [6.45, 7) is 9.25. The van der Waals surface area contributed by atoms with Gasteiger partial charge in [-0.15, -0.1) is 0 Å². The van der Waals surface area contributed by atoms with Crippen LogP contribution in [0.3, 0.4) is 0 Å². The minimum absolute atomic E-state index is 0.456. The van der Waals surface area contributed by atoms with Crippen LogP contribution in [0.5, 0.6) is 5.75 Å². The standard InChI is InChI=1S/C30H54O/c1-5-7-9-11-13-15-17-19-22-26(3)28-24-21-25-29(31)30(28)27(4)23-20-18-16-14-12-10-8-6-2/h21,24-27,31H,5-20,22-23H2,1-4H3. The lowest BCUT2D eigenvalue weighted by Crippen LogP contribution is -2.04. The minimum Gasteiger partial charge on any atom is -0.508 e. The summed E-state index contributed by atoms with van der Waals surface area (Å²) in [4.78, 5) is 0. The number of phenols is 1. The van der Waals surface area contributed by atoms with Gasteiger partial charge in [-0.1, -0.05) is 143 Å². The van der Waals surface area contributed by atoms with Crippen molar-refractivity contribution >= 4 is 0 Å². The molecule has 1 N–H and O–H groups in total. The average Bonchev–Trinajstić information content (AvgIpc) is 2.76. The predicted octanol–water partition coefficient (Wildman–Crippen LogP) is 10.7. The smallest absolute Gasteiger partial charge is 0.119 e. The molecular formula is C30H54O. The van der Waals surface area contributed by atoms with Gasteiger partial charge in [0.15, 0.2) is 0 Å². The first kappa shape index (κ1) is 28.1. The van der Waals surface area contributed by atoms with Gasteiger partial charge in [-0.2, -0.15) is 0 Å². The molecule has 1 aromatic carbocycles. The molecule has 0 aliphatic carbocycles. The molecule has 1 heteroatoms. The van der Waals surface area contributed by atoms with Crippen LogP contribution in [0.2, 0.25) is 0 Å². The summed E-state index contributed by atoms with van der Waals surface area (Å²) in [5.41, 5.74) is 2.63. The summed E-state index contributed by atoms with van der Waals surface area (Å²) in [6, 6.07) is 6.21. The first-order valence-electron chi connectivity index (χ1n) is 13.9. The van der Waals surface area contributed by atoms with E-state index in [1.54, 1.807) is 0 Å². The van der Waals surface area contributed by atoms with Gasteiger partial charge in [0.05, 0.1) is 0 Å². The molecule has 0 fully saturated rings. The third-order valence-corrected chi connectivity index (χ3v) is 7.12.